The van der Waals surface area contributed by atoms with E-state index in [2.05, 4.69) is 46.0 Å². The molecule has 0 aliphatic heterocycles. The smallest absolute Gasteiger partial charge is 0.151 e. The van der Waals surface area contributed by atoms with Crippen molar-refractivity contribution in [3.63, 3.8) is 0 Å². The zero-order valence-corrected chi connectivity index (χ0v) is 16.8. The van der Waals surface area contributed by atoms with Gasteiger partial charge in [-0.2, -0.15) is 5.10 Å². The van der Waals surface area contributed by atoms with E-state index in [0.717, 1.165) is 46.1 Å². The van der Waals surface area contributed by atoms with Crippen molar-refractivity contribution in [2.45, 2.75) is 38.0 Å². The summed E-state index contributed by atoms with van der Waals surface area (Å²) in [7, 11) is 0. The summed E-state index contributed by atoms with van der Waals surface area (Å²) in [5, 5.41) is 18.8. The Balaban J connectivity index is 1.73. The number of nitrogens with one attached hydrogen (secondary N) is 1. The average molecular weight is 400 g/mol. The number of rotatable bonds is 4. The molecule has 0 saturated carbocycles. The van der Waals surface area contributed by atoms with Gasteiger partial charge in [-0.05, 0) is 36.1 Å². The number of benzene rings is 1. The van der Waals surface area contributed by atoms with Gasteiger partial charge in [0.2, 0.25) is 0 Å². The van der Waals surface area contributed by atoms with Gasteiger partial charge in [0.1, 0.15) is 18.1 Å². The fourth-order valence-corrected chi connectivity index (χ4v) is 4.72. The topological polar surface area (TPSA) is 101 Å². The summed E-state index contributed by atoms with van der Waals surface area (Å²) < 4.78 is 1.91. The summed E-state index contributed by atoms with van der Waals surface area (Å²) in [5.74, 6) is 0.691. The molecule has 1 aromatic carbocycles. The molecule has 5 rings (SSSR count). The van der Waals surface area contributed by atoms with Crippen molar-refractivity contribution in [2.24, 2.45) is 0 Å². The van der Waals surface area contributed by atoms with Crippen LogP contribution in [0.1, 0.15) is 30.5 Å². The first-order valence-electron chi connectivity index (χ1n) is 10.1. The predicted molar refractivity (Wildman–Crippen MR) is 118 cm³/mol. The Hall–Kier alpha value is -3.29. The summed E-state index contributed by atoms with van der Waals surface area (Å²) in [6.45, 7) is 5.86. The number of fused-ring (bicyclic) bond motifs is 4. The largest absolute Gasteiger partial charge is 0.382 e. The van der Waals surface area contributed by atoms with E-state index in [4.69, 9.17) is 5.73 Å². The molecule has 30 heavy (non-hydrogen) atoms. The van der Waals surface area contributed by atoms with Gasteiger partial charge in [-0.1, -0.05) is 31.7 Å². The fraction of sp³-hybridized carbons (Fsp3) is 0.261. The molecule has 3 atom stereocenters. The third-order valence-electron chi connectivity index (χ3n) is 5.97. The van der Waals surface area contributed by atoms with E-state index in [1.54, 1.807) is 0 Å². The van der Waals surface area contributed by atoms with Gasteiger partial charge in [-0.25, -0.2) is 9.50 Å². The van der Waals surface area contributed by atoms with E-state index in [0.29, 0.717) is 5.82 Å². The van der Waals surface area contributed by atoms with E-state index in [1.807, 2.05) is 28.9 Å². The van der Waals surface area contributed by atoms with Gasteiger partial charge in [0.05, 0.1) is 5.52 Å². The van der Waals surface area contributed by atoms with Gasteiger partial charge in [0.15, 0.2) is 5.82 Å². The first-order chi connectivity index (χ1) is 14.6. The standard InChI is InChI=1S/C23H24N6O/c1-3-19(30)28-16-8-13(2)20-18(10-16)29-22(23(24)26-12-27-29)21(20)15-9-14-6-4-5-7-17(14)25-11-15/h3-7,9,11-13,16,19,28,30H,1,8,10H2,2H3,(H2,24,26,27)/t13-,16+,19?/m1/s1. The molecule has 0 amide bonds. The monoisotopic (exact) mass is 400 g/mol. The SMILES string of the molecule is C=CC(O)N[C@@H]1Cc2c(c(-c3cnc4ccccc4c3)c3c(N)ncnn23)[C@H](C)C1. The van der Waals surface area contributed by atoms with Crippen LogP contribution >= 0.6 is 0 Å². The lowest BCUT2D eigenvalue weighted by Crippen LogP contribution is -2.41. The van der Waals surface area contributed by atoms with Crippen molar-refractivity contribution < 1.29 is 5.11 Å². The molecule has 1 unspecified atom stereocenters. The predicted octanol–water partition coefficient (Wildman–Crippen LogP) is 3.04. The molecule has 1 aliphatic carbocycles. The summed E-state index contributed by atoms with van der Waals surface area (Å²) in [4.78, 5) is 8.93. The van der Waals surface area contributed by atoms with Gasteiger partial charge in [-0.15, -0.1) is 0 Å². The quantitative estimate of drug-likeness (QED) is 0.360. The van der Waals surface area contributed by atoms with Gasteiger partial charge in [0, 0.05) is 40.9 Å². The molecule has 0 saturated heterocycles. The second-order valence-electron chi connectivity index (χ2n) is 7.94. The number of aromatic nitrogens is 4. The minimum Gasteiger partial charge on any atom is -0.382 e. The number of nitrogens with two attached hydrogens (primary N) is 1. The van der Waals surface area contributed by atoms with Crippen LogP contribution in [-0.4, -0.2) is 37.0 Å². The van der Waals surface area contributed by atoms with E-state index in [1.165, 1.54) is 18.0 Å². The van der Waals surface area contributed by atoms with E-state index in [9.17, 15) is 5.11 Å². The molecule has 7 heteroatoms. The highest BCUT2D eigenvalue weighted by Crippen LogP contribution is 2.44. The first kappa shape index (κ1) is 18.7. The number of para-hydroxylation sites is 1. The van der Waals surface area contributed by atoms with Crippen LogP contribution in [0.4, 0.5) is 5.82 Å². The number of nitrogens with zero attached hydrogens (tertiary/aromatic N) is 4. The number of aliphatic hydroxyl groups is 1. The number of hydrogen-bond acceptors (Lipinski definition) is 6. The molecular formula is C23H24N6O. The average Bonchev–Trinajstić information content (AvgIpc) is 3.09. The molecule has 0 fully saturated rings. The maximum absolute atomic E-state index is 10.00. The Morgan fingerprint density at radius 1 is 1.33 bits per heavy atom. The Morgan fingerprint density at radius 2 is 2.17 bits per heavy atom. The van der Waals surface area contributed by atoms with Crippen molar-refractivity contribution in [3.05, 3.63) is 66.8 Å². The molecular weight excluding hydrogens is 376 g/mol. The van der Waals surface area contributed by atoms with Crippen molar-refractivity contribution >= 4 is 22.2 Å². The van der Waals surface area contributed by atoms with Crippen LogP contribution < -0.4 is 11.1 Å². The maximum Gasteiger partial charge on any atom is 0.151 e. The molecule has 4 aromatic rings. The summed E-state index contributed by atoms with van der Waals surface area (Å²) >= 11 is 0. The van der Waals surface area contributed by atoms with Crippen molar-refractivity contribution in [2.75, 3.05) is 5.73 Å². The molecule has 7 nitrogen and oxygen atoms in total. The first-order valence-corrected chi connectivity index (χ1v) is 10.1. The Labute approximate surface area is 174 Å². The van der Waals surface area contributed by atoms with E-state index in [-0.39, 0.29) is 12.0 Å². The fourth-order valence-electron chi connectivity index (χ4n) is 4.72. The van der Waals surface area contributed by atoms with Crippen molar-refractivity contribution in [3.8, 4) is 11.1 Å². The lowest BCUT2D eigenvalue weighted by Gasteiger charge is -2.30. The highest BCUT2D eigenvalue weighted by atomic mass is 16.3. The van der Waals surface area contributed by atoms with Gasteiger partial charge in [-0.3, -0.25) is 10.3 Å². The number of aliphatic hydroxyl groups excluding tert-OH is 1. The van der Waals surface area contributed by atoms with Crippen LogP contribution in [0.15, 0.2) is 55.5 Å². The zero-order valence-electron chi connectivity index (χ0n) is 16.8. The molecule has 0 radical (unpaired) electrons. The highest BCUT2D eigenvalue weighted by Gasteiger charge is 2.33. The van der Waals surface area contributed by atoms with Crippen LogP contribution in [0.25, 0.3) is 27.5 Å². The molecule has 0 spiro atoms. The van der Waals surface area contributed by atoms with E-state index >= 15 is 0 Å². The second-order valence-corrected chi connectivity index (χ2v) is 7.94. The normalized spacial score (nSPS) is 19.7. The maximum atomic E-state index is 10.00. The number of nitrogen functional groups attached to an aromatic ring is 1. The van der Waals surface area contributed by atoms with Gasteiger partial charge < -0.3 is 10.8 Å². The van der Waals surface area contributed by atoms with Crippen LogP contribution in [0.2, 0.25) is 0 Å². The number of pyridine rings is 1. The van der Waals surface area contributed by atoms with Gasteiger partial charge in [0.25, 0.3) is 0 Å². The summed E-state index contributed by atoms with van der Waals surface area (Å²) in [6.07, 6.45) is 5.77. The number of anilines is 1. The lowest BCUT2D eigenvalue weighted by atomic mass is 9.81. The second kappa shape index (κ2) is 7.19. The molecule has 4 N–H and O–H groups in total. The van der Waals surface area contributed by atoms with Gasteiger partial charge >= 0.3 is 0 Å². The van der Waals surface area contributed by atoms with Crippen LogP contribution in [-0.2, 0) is 6.42 Å². The minimum atomic E-state index is -0.737. The molecule has 3 heterocycles. The van der Waals surface area contributed by atoms with Crippen LogP contribution in [0.5, 0.6) is 0 Å². The third kappa shape index (κ3) is 2.94. The van der Waals surface area contributed by atoms with Crippen LogP contribution in [0, 0.1) is 0 Å². The van der Waals surface area contributed by atoms with Crippen molar-refractivity contribution in [1.82, 2.24) is 24.9 Å². The number of hydrogen-bond donors (Lipinski definition) is 3. The zero-order chi connectivity index (χ0) is 20.8. The Bertz CT molecular complexity index is 1260. The Morgan fingerprint density at radius 3 is 3.00 bits per heavy atom. The third-order valence-corrected chi connectivity index (χ3v) is 5.97. The lowest BCUT2D eigenvalue weighted by molar-refractivity contribution is 0.160. The summed E-state index contributed by atoms with van der Waals surface area (Å²) in [5.41, 5.74) is 12.5. The van der Waals surface area contributed by atoms with E-state index < -0.39 is 6.23 Å². The van der Waals surface area contributed by atoms with Crippen LogP contribution in [0.3, 0.4) is 0 Å². The summed E-state index contributed by atoms with van der Waals surface area (Å²) in [6, 6.07) is 10.3. The Kier molecular flexibility index (Phi) is 4.49. The molecule has 3 aromatic heterocycles. The molecule has 1 aliphatic rings. The minimum absolute atomic E-state index is 0.109. The molecule has 0 bridgehead atoms. The highest BCUT2D eigenvalue weighted by molar-refractivity contribution is 5.94. The van der Waals surface area contributed by atoms with Crippen molar-refractivity contribution in [1.29, 1.82) is 0 Å². The molecule has 152 valence electrons.